The Morgan fingerprint density at radius 3 is 0.557 bits per heavy atom. The van der Waals surface area contributed by atoms with Crippen LogP contribution in [-0.2, 0) is 98.2 Å². The number of fused-ring (bicyclic) bond motifs is 12. The van der Waals surface area contributed by atoms with E-state index in [-0.39, 0.29) is 105 Å². The number of hydrogen-bond donors (Lipinski definition) is 4. The monoisotopic (exact) mass is 1240 g/mol. The van der Waals surface area contributed by atoms with Gasteiger partial charge in [-0.1, -0.05) is 197 Å². The molecule has 0 heterocycles. The Kier molecular flexibility index (Phi) is 20.6. The van der Waals surface area contributed by atoms with Crippen molar-refractivity contribution in [2.75, 3.05) is 26.4 Å². The normalized spacial score (nSPS) is 14.2. The summed E-state index contributed by atoms with van der Waals surface area (Å²) in [7, 11) is -8.63. The summed E-state index contributed by atoms with van der Waals surface area (Å²) in [4.78, 5) is 0. The van der Waals surface area contributed by atoms with Crippen LogP contribution in [0.15, 0.2) is 72.8 Å². The molecule has 0 saturated heterocycles. The molecule has 6 aromatic rings. The van der Waals surface area contributed by atoms with E-state index in [0.29, 0.717) is 66.8 Å². The topological polar surface area (TPSA) is 170 Å². The van der Waals surface area contributed by atoms with Crippen molar-refractivity contribution < 1.29 is 56.7 Å². The van der Waals surface area contributed by atoms with Gasteiger partial charge in [-0.15, -0.1) is 0 Å². The van der Waals surface area contributed by atoms with Gasteiger partial charge in [-0.05, 0) is 160 Å². The maximum atomic E-state index is 14.9. The quantitative estimate of drug-likeness (QED) is 0.0855. The molecule has 12 nitrogen and oxygen atoms in total. The Labute approximate surface area is 527 Å². The highest BCUT2D eigenvalue weighted by Gasteiger charge is 2.36. The Morgan fingerprint density at radius 1 is 0.284 bits per heavy atom. The molecule has 0 fully saturated rings. The van der Waals surface area contributed by atoms with E-state index in [1.54, 1.807) is 27.7 Å². The summed E-state index contributed by atoms with van der Waals surface area (Å²) in [6, 6.07) is 24.3. The predicted octanol–water partition coefficient (Wildman–Crippen LogP) is 19.3. The molecule has 14 heteroatoms. The van der Waals surface area contributed by atoms with Crippen LogP contribution in [0.1, 0.15) is 252 Å². The largest absolute Gasteiger partial charge is 0.530 e. The van der Waals surface area contributed by atoms with Crippen LogP contribution < -0.4 is 9.05 Å². The molecule has 6 aromatic carbocycles. The average Bonchev–Trinajstić information content (AvgIpc) is 1.60. The summed E-state index contributed by atoms with van der Waals surface area (Å²) in [6.07, 6.45) is 0.703. The lowest BCUT2D eigenvalue weighted by atomic mass is 9.79. The van der Waals surface area contributed by atoms with Gasteiger partial charge in [0.15, 0.2) is 0 Å². The highest BCUT2D eigenvalue weighted by Crippen LogP contribution is 2.55. The lowest BCUT2D eigenvalue weighted by Gasteiger charge is -2.28. The van der Waals surface area contributed by atoms with Gasteiger partial charge in [0.25, 0.3) is 0 Å². The molecule has 0 radical (unpaired) electrons. The van der Waals surface area contributed by atoms with Crippen LogP contribution in [0, 0.1) is 0 Å². The standard InChI is InChI=1S/C74H102O12P2/c1-23-81-87(79,82-24-2)85-67-53-29-49-37-58(70(8,9)10)35-47(64(49)76)27-45-33-57(69(5,6)7)34-46(63(45)75)28-48-36-59(71(11,12)13)38-50(65(48)77)30-54-42-62(74(20,21)22)44-56(68(54)86-88(80,83-25-3)84-26-4)32-52-40-60(72(14,15)16)39-51(66(52)78)31-55(67)43-61(41-53)73(17,18)19/h33-44,75-78H,23-32H2,1-22H3. The van der Waals surface area contributed by atoms with Crippen LogP contribution in [0.2, 0.25) is 0 Å². The molecule has 88 heavy (non-hydrogen) atoms. The van der Waals surface area contributed by atoms with Crippen molar-refractivity contribution in [1.82, 2.24) is 0 Å². The molecule has 1 aliphatic rings. The second kappa shape index (κ2) is 26.0. The number of hydrogen-bond acceptors (Lipinski definition) is 12. The van der Waals surface area contributed by atoms with E-state index >= 15 is 0 Å². The molecule has 4 N–H and O–H groups in total. The zero-order valence-corrected chi connectivity index (χ0v) is 58.7. The first-order valence-electron chi connectivity index (χ1n) is 31.4. The minimum atomic E-state index is -4.32. The molecular weight excluding hydrogens is 1140 g/mol. The third-order valence-electron chi connectivity index (χ3n) is 16.6. The van der Waals surface area contributed by atoms with Crippen LogP contribution in [0.25, 0.3) is 0 Å². The van der Waals surface area contributed by atoms with Gasteiger partial charge in [0.2, 0.25) is 0 Å². The molecule has 0 amide bonds. The van der Waals surface area contributed by atoms with Crippen molar-refractivity contribution in [1.29, 1.82) is 0 Å². The van der Waals surface area contributed by atoms with E-state index in [0.717, 1.165) is 33.4 Å². The summed E-state index contributed by atoms with van der Waals surface area (Å²) in [5, 5.41) is 51.7. The molecular formula is C74H102O12P2. The van der Waals surface area contributed by atoms with Crippen LogP contribution in [0.4, 0.5) is 0 Å². The Bertz CT molecular complexity index is 3410. The van der Waals surface area contributed by atoms with Crippen LogP contribution in [-0.4, -0.2) is 46.9 Å². The summed E-state index contributed by atoms with van der Waals surface area (Å²) in [5.74, 6) is 0.599. The number of phenolic OH excluding ortho intramolecular Hbond substituents is 4. The van der Waals surface area contributed by atoms with Gasteiger partial charge in [0.1, 0.15) is 34.5 Å². The zero-order chi connectivity index (χ0) is 65.7. The van der Waals surface area contributed by atoms with Crippen molar-refractivity contribution >= 4 is 15.6 Å². The molecule has 0 aliphatic heterocycles. The fraction of sp³-hybridized carbons (Fsp3) is 0.514. The molecule has 0 unspecified atom stereocenters. The third-order valence-corrected chi connectivity index (χ3v) is 19.7. The summed E-state index contributed by atoms with van der Waals surface area (Å²) in [5.41, 5.74) is 10.2. The van der Waals surface area contributed by atoms with Crippen molar-refractivity contribution in [3.05, 3.63) is 173 Å². The summed E-state index contributed by atoms with van der Waals surface area (Å²) in [6.45, 7) is 45.3. The van der Waals surface area contributed by atoms with E-state index in [9.17, 15) is 29.6 Å². The molecule has 1 aliphatic carbocycles. The number of rotatable bonds is 12. The predicted molar refractivity (Wildman–Crippen MR) is 357 cm³/mol. The molecule has 0 atom stereocenters. The average molecular weight is 1250 g/mol. The first-order valence-corrected chi connectivity index (χ1v) is 34.3. The van der Waals surface area contributed by atoms with Crippen molar-refractivity contribution in [3.63, 3.8) is 0 Å². The van der Waals surface area contributed by atoms with Gasteiger partial charge in [0, 0.05) is 38.5 Å². The highest BCUT2D eigenvalue weighted by molar-refractivity contribution is 7.49. The van der Waals surface area contributed by atoms with Crippen molar-refractivity contribution in [3.8, 4) is 34.5 Å². The van der Waals surface area contributed by atoms with E-state index in [1.165, 1.54) is 0 Å². The van der Waals surface area contributed by atoms with Crippen LogP contribution in [0.5, 0.6) is 34.5 Å². The van der Waals surface area contributed by atoms with Gasteiger partial charge in [-0.3, -0.25) is 18.1 Å². The van der Waals surface area contributed by atoms with Gasteiger partial charge < -0.3 is 29.5 Å². The molecule has 12 bridgehead atoms. The lowest BCUT2D eigenvalue weighted by Crippen LogP contribution is -2.16. The summed E-state index contributed by atoms with van der Waals surface area (Å²) >= 11 is 0. The number of benzene rings is 6. The van der Waals surface area contributed by atoms with E-state index in [4.69, 9.17) is 27.1 Å². The second-order valence-corrected chi connectivity index (χ2v) is 33.3. The highest BCUT2D eigenvalue weighted by atomic mass is 31.2. The molecule has 7 rings (SSSR count). The number of phosphoric ester groups is 2. The number of phosphoric acid groups is 2. The second-order valence-electron chi connectivity index (χ2n) is 30.1. The first kappa shape index (κ1) is 69.9. The van der Waals surface area contributed by atoms with Gasteiger partial charge in [-0.25, -0.2) is 9.13 Å². The first-order chi connectivity index (χ1) is 40.5. The lowest BCUT2D eigenvalue weighted by molar-refractivity contribution is 0.165. The molecule has 0 aromatic heterocycles. The fourth-order valence-electron chi connectivity index (χ4n) is 11.3. The van der Waals surface area contributed by atoms with E-state index in [2.05, 4.69) is 125 Å². The van der Waals surface area contributed by atoms with E-state index in [1.807, 2.05) is 72.8 Å². The Hall–Kier alpha value is -5.58. The minimum Gasteiger partial charge on any atom is -0.507 e. The van der Waals surface area contributed by atoms with E-state index < -0.39 is 42.7 Å². The maximum Gasteiger partial charge on any atom is 0.530 e. The van der Waals surface area contributed by atoms with Crippen LogP contribution >= 0.6 is 15.6 Å². The van der Waals surface area contributed by atoms with Crippen molar-refractivity contribution in [2.24, 2.45) is 0 Å². The molecule has 0 saturated carbocycles. The maximum absolute atomic E-state index is 14.9. The SMILES string of the molecule is CCOP(=O)(OCC)Oc1c2cc(C(C)(C)C)cc1Cc1cc(C(C)(C)C)cc(c1O)Cc1cc(C(C)(C)C)cc(c1OP(=O)(OCC)OCC)Cc1cc(C(C)(C)C)cc(c1O)Cc1cc(C(C)(C)C)cc(c1O)Cc1cc(C(C)(C)C)cc(c1O)C2. The Morgan fingerprint density at radius 2 is 0.420 bits per heavy atom. The smallest absolute Gasteiger partial charge is 0.507 e. The zero-order valence-electron chi connectivity index (χ0n) is 56.9. The minimum absolute atomic E-state index is 0.00165. The number of phenols is 4. The third kappa shape index (κ3) is 16.3. The van der Waals surface area contributed by atoms with Crippen molar-refractivity contribution in [2.45, 2.75) is 223 Å². The molecule has 0 spiro atoms. The number of aromatic hydroxyl groups is 4. The summed E-state index contributed by atoms with van der Waals surface area (Å²) < 4.78 is 67.0. The van der Waals surface area contributed by atoms with Gasteiger partial charge >= 0.3 is 15.6 Å². The Balaban J connectivity index is 1.70. The molecule has 480 valence electrons. The fourth-order valence-corrected chi connectivity index (χ4v) is 13.8. The van der Waals surface area contributed by atoms with Gasteiger partial charge in [-0.2, -0.15) is 0 Å². The van der Waals surface area contributed by atoms with Crippen LogP contribution in [0.3, 0.4) is 0 Å². The van der Waals surface area contributed by atoms with Gasteiger partial charge in [0.05, 0.1) is 26.4 Å².